The zero-order valence-electron chi connectivity index (χ0n) is 12.5. The van der Waals surface area contributed by atoms with E-state index >= 15 is 0 Å². The van der Waals surface area contributed by atoms with Crippen molar-refractivity contribution in [3.63, 3.8) is 0 Å². The maximum absolute atomic E-state index is 12.2. The summed E-state index contributed by atoms with van der Waals surface area (Å²) in [5.74, 6) is -0.875. The average molecular weight is 390 g/mol. The number of benzene rings is 1. The van der Waals surface area contributed by atoms with Crippen molar-refractivity contribution in [2.75, 3.05) is 0 Å². The van der Waals surface area contributed by atoms with Crippen LogP contribution in [0.5, 0.6) is 0 Å². The molecule has 122 valence electrons. The Morgan fingerprint density at radius 1 is 1.17 bits per heavy atom. The van der Waals surface area contributed by atoms with Gasteiger partial charge >= 0.3 is 0 Å². The highest BCUT2D eigenvalue weighted by molar-refractivity contribution is 9.10. The lowest BCUT2D eigenvalue weighted by Gasteiger charge is -2.08. The summed E-state index contributed by atoms with van der Waals surface area (Å²) in [6, 6.07) is 8.33. The minimum Gasteiger partial charge on any atom is -0.345 e. The molecular formula is C14H12BrN7O2. The number of hydrogen-bond acceptors (Lipinski definition) is 5. The second-order valence-corrected chi connectivity index (χ2v) is 5.78. The highest BCUT2D eigenvalue weighted by Gasteiger charge is 2.13. The van der Waals surface area contributed by atoms with Gasteiger partial charge in [0.1, 0.15) is 12.0 Å². The predicted octanol–water partition coefficient (Wildman–Crippen LogP) is 0.838. The first-order chi connectivity index (χ1) is 11.5. The van der Waals surface area contributed by atoms with Gasteiger partial charge in [-0.25, -0.2) is 4.68 Å². The Labute approximate surface area is 144 Å². The van der Waals surface area contributed by atoms with E-state index in [1.807, 2.05) is 0 Å². The third-order valence-electron chi connectivity index (χ3n) is 3.22. The van der Waals surface area contributed by atoms with Crippen molar-refractivity contribution in [1.29, 1.82) is 0 Å². The molecule has 0 unspecified atom stereocenters. The van der Waals surface area contributed by atoms with Crippen LogP contribution in [0.2, 0.25) is 0 Å². The number of aromatic nitrogens is 5. The molecule has 3 rings (SSSR count). The first-order valence-electron chi connectivity index (χ1n) is 6.80. The van der Waals surface area contributed by atoms with Gasteiger partial charge in [0.25, 0.3) is 11.8 Å². The standard InChI is InChI=1S/C14H12BrN7O2/c1-21-7-10(15)6-12(21)14(24)18-17-13(23)9-3-2-4-11(5-9)22-8-16-19-20-22/h2-8H,1H3,(H,17,23)(H,18,24). The summed E-state index contributed by atoms with van der Waals surface area (Å²) in [5.41, 5.74) is 6.15. The van der Waals surface area contributed by atoms with Gasteiger partial charge in [0, 0.05) is 23.3 Å². The number of aryl methyl sites for hydroxylation is 1. The quantitative estimate of drug-likeness (QED) is 0.645. The van der Waals surface area contributed by atoms with Crippen LogP contribution in [0, 0.1) is 0 Å². The number of carbonyl (C=O) groups excluding carboxylic acids is 2. The number of rotatable bonds is 3. The molecule has 3 aromatic rings. The minimum atomic E-state index is -0.452. The Morgan fingerprint density at radius 2 is 1.96 bits per heavy atom. The first-order valence-corrected chi connectivity index (χ1v) is 7.60. The van der Waals surface area contributed by atoms with Crippen molar-refractivity contribution in [3.05, 3.63) is 58.6 Å². The van der Waals surface area contributed by atoms with Crippen molar-refractivity contribution >= 4 is 27.7 Å². The van der Waals surface area contributed by atoms with Crippen LogP contribution in [-0.4, -0.2) is 36.6 Å². The Bertz CT molecular complexity index is 888. The largest absolute Gasteiger partial charge is 0.345 e. The van der Waals surface area contributed by atoms with Gasteiger partial charge in [0.2, 0.25) is 0 Å². The third-order valence-corrected chi connectivity index (χ3v) is 3.65. The van der Waals surface area contributed by atoms with Crippen LogP contribution in [0.25, 0.3) is 5.69 Å². The maximum atomic E-state index is 12.2. The first kappa shape index (κ1) is 15.9. The number of nitrogens with zero attached hydrogens (tertiary/aromatic N) is 5. The second-order valence-electron chi connectivity index (χ2n) is 4.87. The van der Waals surface area contributed by atoms with E-state index in [-0.39, 0.29) is 0 Å². The van der Waals surface area contributed by atoms with Gasteiger partial charge in [0.15, 0.2) is 0 Å². The summed E-state index contributed by atoms with van der Waals surface area (Å²) in [5, 5.41) is 10.8. The molecule has 0 saturated carbocycles. The van der Waals surface area contributed by atoms with E-state index in [0.29, 0.717) is 16.9 Å². The van der Waals surface area contributed by atoms with E-state index in [0.717, 1.165) is 4.47 Å². The van der Waals surface area contributed by atoms with Crippen LogP contribution in [-0.2, 0) is 7.05 Å². The third kappa shape index (κ3) is 3.33. The summed E-state index contributed by atoms with van der Waals surface area (Å²) in [6.07, 6.45) is 3.17. The molecule has 10 heteroatoms. The SMILES string of the molecule is Cn1cc(Br)cc1C(=O)NNC(=O)c1cccc(-n2cnnn2)c1. The summed E-state index contributed by atoms with van der Waals surface area (Å²) >= 11 is 3.29. The van der Waals surface area contributed by atoms with Crippen LogP contribution < -0.4 is 10.9 Å². The lowest BCUT2D eigenvalue weighted by Crippen LogP contribution is -2.42. The number of tetrazole rings is 1. The molecule has 2 N–H and O–H groups in total. The lowest BCUT2D eigenvalue weighted by atomic mass is 10.2. The highest BCUT2D eigenvalue weighted by Crippen LogP contribution is 2.13. The van der Waals surface area contributed by atoms with Crippen LogP contribution in [0.15, 0.2) is 47.3 Å². The molecule has 0 spiro atoms. The summed E-state index contributed by atoms with van der Waals surface area (Å²) in [4.78, 5) is 24.3. The molecule has 0 fully saturated rings. The molecule has 0 bridgehead atoms. The van der Waals surface area contributed by atoms with Gasteiger partial charge in [-0.2, -0.15) is 0 Å². The Balaban J connectivity index is 1.68. The summed E-state index contributed by atoms with van der Waals surface area (Å²) in [7, 11) is 1.73. The molecule has 9 nitrogen and oxygen atoms in total. The zero-order chi connectivity index (χ0) is 17.1. The van der Waals surface area contributed by atoms with E-state index < -0.39 is 11.8 Å². The molecule has 0 saturated heterocycles. The molecule has 24 heavy (non-hydrogen) atoms. The maximum Gasteiger partial charge on any atom is 0.286 e. The van der Waals surface area contributed by atoms with Gasteiger partial charge in [-0.3, -0.25) is 20.4 Å². The monoisotopic (exact) mass is 389 g/mol. The number of amides is 2. The number of halogens is 1. The molecule has 0 aliphatic rings. The van der Waals surface area contributed by atoms with Gasteiger partial charge in [-0.15, -0.1) is 5.10 Å². The fourth-order valence-electron chi connectivity index (χ4n) is 2.07. The second kappa shape index (κ2) is 6.62. The van der Waals surface area contributed by atoms with Crippen molar-refractivity contribution in [2.45, 2.75) is 0 Å². The summed E-state index contributed by atoms with van der Waals surface area (Å²) in [6.45, 7) is 0. The highest BCUT2D eigenvalue weighted by atomic mass is 79.9. The molecule has 0 aliphatic carbocycles. The fraction of sp³-hybridized carbons (Fsp3) is 0.0714. The number of nitrogens with one attached hydrogen (secondary N) is 2. The minimum absolute atomic E-state index is 0.358. The van der Waals surface area contributed by atoms with Crippen molar-refractivity contribution in [2.24, 2.45) is 7.05 Å². The topological polar surface area (TPSA) is 107 Å². The Kier molecular flexibility index (Phi) is 4.38. The molecule has 1 aromatic carbocycles. The van der Waals surface area contributed by atoms with Gasteiger partial charge < -0.3 is 4.57 Å². The Hall–Kier alpha value is -3.01. The zero-order valence-corrected chi connectivity index (χ0v) is 14.1. The number of hydrogen-bond donors (Lipinski definition) is 2. The van der Waals surface area contributed by atoms with Crippen LogP contribution in [0.1, 0.15) is 20.8 Å². The van der Waals surface area contributed by atoms with E-state index in [1.54, 1.807) is 48.1 Å². The van der Waals surface area contributed by atoms with Crippen molar-refractivity contribution in [3.8, 4) is 5.69 Å². The smallest absolute Gasteiger partial charge is 0.286 e. The molecule has 0 radical (unpaired) electrons. The van der Waals surface area contributed by atoms with Crippen LogP contribution in [0.4, 0.5) is 0 Å². The molecule has 0 aliphatic heterocycles. The lowest BCUT2D eigenvalue weighted by molar-refractivity contribution is 0.0842. The predicted molar refractivity (Wildman–Crippen MR) is 87.2 cm³/mol. The number of hydrazine groups is 1. The van der Waals surface area contributed by atoms with Gasteiger partial charge in [-0.1, -0.05) is 6.07 Å². The normalized spacial score (nSPS) is 10.4. The summed E-state index contributed by atoms with van der Waals surface area (Å²) < 4.78 is 3.84. The van der Waals surface area contributed by atoms with E-state index in [9.17, 15) is 9.59 Å². The molecule has 2 aromatic heterocycles. The number of carbonyl (C=O) groups is 2. The van der Waals surface area contributed by atoms with Crippen molar-refractivity contribution < 1.29 is 9.59 Å². The average Bonchev–Trinajstić information content (AvgIpc) is 3.22. The van der Waals surface area contributed by atoms with E-state index in [1.165, 1.54) is 11.0 Å². The van der Waals surface area contributed by atoms with Gasteiger partial charge in [0.05, 0.1) is 5.69 Å². The van der Waals surface area contributed by atoms with Gasteiger partial charge in [-0.05, 0) is 50.6 Å². The van der Waals surface area contributed by atoms with Crippen LogP contribution >= 0.6 is 15.9 Å². The Morgan fingerprint density at radius 3 is 2.62 bits per heavy atom. The molecular weight excluding hydrogens is 378 g/mol. The van der Waals surface area contributed by atoms with E-state index in [2.05, 4.69) is 42.3 Å². The van der Waals surface area contributed by atoms with Crippen molar-refractivity contribution in [1.82, 2.24) is 35.6 Å². The molecule has 2 amide bonds. The molecule has 2 heterocycles. The molecule has 0 atom stereocenters. The van der Waals surface area contributed by atoms with E-state index in [4.69, 9.17) is 0 Å². The fourth-order valence-corrected chi connectivity index (χ4v) is 2.59. The van der Waals surface area contributed by atoms with Crippen LogP contribution in [0.3, 0.4) is 0 Å².